The Kier molecular flexibility index (Phi) is 5.86. The van der Waals surface area contributed by atoms with E-state index in [-0.39, 0.29) is 11.9 Å². The topological polar surface area (TPSA) is 79.3 Å². The van der Waals surface area contributed by atoms with Crippen LogP contribution >= 0.6 is 11.3 Å². The number of nitrogens with zero attached hydrogens (tertiary/aromatic N) is 5. The molecule has 8 nitrogen and oxygen atoms in total. The van der Waals surface area contributed by atoms with Crippen LogP contribution in [0.2, 0.25) is 0 Å². The molecule has 2 aromatic carbocycles. The summed E-state index contributed by atoms with van der Waals surface area (Å²) in [6, 6.07) is 20.3. The summed E-state index contributed by atoms with van der Waals surface area (Å²) in [5.41, 5.74) is 3.54. The highest BCUT2D eigenvalue weighted by Gasteiger charge is 2.32. The fraction of sp³-hybridized carbons (Fsp3) is 0.259. The quantitative estimate of drug-likeness (QED) is 0.351. The lowest BCUT2D eigenvalue weighted by molar-refractivity contribution is 0.211. The molecule has 0 amide bonds. The Labute approximate surface area is 213 Å². The van der Waals surface area contributed by atoms with Crippen LogP contribution in [0.5, 0.6) is 11.6 Å². The molecule has 0 bridgehead atoms. The van der Waals surface area contributed by atoms with E-state index < -0.39 is 0 Å². The Morgan fingerprint density at radius 2 is 1.75 bits per heavy atom. The van der Waals surface area contributed by atoms with Crippen molar-refractivity contribution in [2.75, 3.05) is 38.2 Å². The molecule has 5 aromatic rings. The second kappa shape index (κ2) is 9.33. The minimum atomic E-state index is -0.0934. The van der Waals surface area contributed by atoms with Crippen LogP contribution in [0, 0.1) is 6.92 Å². The fourth-order valence-electron chi connectivity index (χ4n) is 4.75. The van der Waals surface area contributed by atoms with Gasteiger partial charge in [0.25, 0.3) is 0 Å². The SMILES string of the molecule is COc1ccc(N2CCN([C@H](c3ccc(C)cc3)c3sc4nc(-c5ccco5)nn4c3O)CC2)cc1. The molecule has 184 valence electrons. The molecular weight excluding hydrogens is 474 g/mol. The van der Waals surface area contributed by atoms with Crippen LogP contribution in [0.3, 0.4) is 0 Å². The van der Waals surface area contributed by atoms with E-state index in [1.807, 2.05) is 18.2 Å². The van der Waals surface area contributed by atoms with E-state index in [4.69, 9.17) is 9.15 Å². The molecule has 3 aromatic heterocycles. The lowest BCUT2D eigenvalue weighted by atomic mass is 10.0. The smallest absolute Gasteiger partial charge is 0.230 e. The van der Waals surface area contributed by atoms with Crippen molar-refractivity contribution in [3.63, 3.8) is 0 Å². The predicted octanol–water partition coefficient (Wildman–Crippen LogP) is 4.99. The molecule has 0 radical (unpaired) electrons. The standard InChI is InChI=1S/C27H27N5O3S/c1-18-5-7-19(8-6-18)23(31-15-13-30(14-16-31)20-9-11-21(34-2)12-10-20)24-26(33)32-27(36-24)28-25(29-32)22-4-3-17-35-22/h3-12,17,23,33H,13-16H2,1-2H3/t23-/m1/s1. The summed E-state index contributed by atoms with van der Waals surface area (Å²) in [4.78, 5) is 10.9. The first-order valence-electron chi connectivity index (χ1n) is 11.9. The molecule has 9 heteroatoms. The van der Waals surface area contributed by atoms with E-state index in [0.29, 0.717) is 16.5 Å². The van der Waals surface area contributed by atoms with Crippen LogP contribution in [-0.4, -0.2) is 57.9 Å². The van der Waals surface area contributed by atoms with Gasteiger partial charge in [0.05, 0.1) is 24.3 Å². The van der Waals surface area contributed by atoms with E-state index in [1.54, 1.807) is 19.4 Å². The van der Waals surface area contributed by atoms with Crippen molar-refractivity contribution < 1.29 is 14.3 Å². The number of fused-ring (bicyclic) bond motifs is 1. The zero-order valence-corrected chi connectivity index (χ0v) is 21.0. The molecule has 1 N–H and O–H groups in total. The Morgan fingerprint density at radius 1 is 1.00 bits per heavy atom. The van der Waals surface area contributed by atoms with Gasteiger partial charge >= 0.3 is 0 Å². The maximum atomic E-state index is 11.3. The number of furan rings is 1. The number of hydrogen-bond acceptors (Lipinski definition) is 8. The first-order valence-corrected chi connectivity index (χ1v) is 12.7. The number of rotatable bonds is 6. The number of piperazine rings is 1. The third-order valence-electron chi connectivity index (χ3n) is 6.70. The molecule has 1 aliphatic heterocycles. The van der Waals surface area contributed by atoms with Gasteiger partial charge in [0.15, 0.2) is 5.76 Å². The third kappa shape index (κ3) is 4.10. The number of aromatic hydroxyl groups is 1. The van der Waals surface area contributed by atoms with Crippen molar-refractivity contribution in [1.29, 1.82) is 0 Å². The van der Waals surface area contributed by atoms with Crippen LogP contribution < -0.4 is 9.64 Å². The van der Waals surface area contributed by atoms with Crippen LogP contribution in [-0.2, 0) is 0 Å². The van der Waals surface area contributed by atoms with Crippen LogP contribution in [0.1, 0.15) is 22.0 Å². The van der Waals surface area contributed by atoms with Crippen molar-refractivity contribution in [3.05, 3.63) is 82.9 Å². The molecule has 0 saturated carbocycles. The molecule has 1 atom stereocenters. The molecule has 36 heavy (non-hydrogen) atoms. The Hall–Kier alpha value is -3.82. The van der Waals surface area contributed by atoms with Crippen molar-refractivity contribution in [1.82, 2.24) is 19.5 Å². The lowest BCUT2D eigenvalue weighted by Gasteiger charge is -2.40. The number of benzene rings is 2. The monoisotopic (exact) mass is 501 g/mol. The van der Waals surface area contributed by atoms with Gasteiger partial charge in [0, 0.05) is 31.9 Å². The second-order valence-electron chi connectivity index (χ2n) is 8.93. The largest absolute Gasteiger partial charge is 0.497 e. The molecule has 1 aliphatic rings. The molecule has 1 fully saturated rings. The van der Waals surface area contributed by atoms with Gasteiger partial charge in [-0.3, -0.25) is 4.90 Å². The molecular formula is C27H27N5O3S. The summed E-state index contributed by atoms with van der Waals surface area (Å²) >= 11 is 1.47. The van der Waals surface area contributed by atoms with E-state index in [2.05, 4.69) is 63.2 Å². The molecule has 1 saturated heterocycles. The van der Waals surface area contributed by atoms with Crippen molar-refractivity contribution in [2.45, 2.75) is 13.0 Å². The summed E-state index contributed by atoms with van der Waals surface area (Å²) in [7, 11) is 1.68. The number of aromatic nitrogens is 3. The van der Waals surface area contributed by atoms with Gasteiger partial charge in [-0.05, 0) is 48.9 Å². The van der Waals surface area contributed by atoms with Gasteiger partial charge in [-0.1, -0.05) is 41.2 Å². The zero-order chi connectivity index (χ0) is 24.6. The highest BCUT2D eigenvalue weighted by molar-refractivity contribution is 7.17. The van der Waals surface area contributed by atoms with E-state index in [1.165, 1.54) is 27.1 Å². The maximum Gasteiger partial charge on any atom is 0.230 e. The van der Waals surface area contributed by atoms with Gasteiger partial charge in [-0.15, -0.1) is 5.10 Å². The summed E-state index contributed by atoms with van der Waals surface area (Å²) in [6.45, 7) is 5.57. The summed E-state index contributed by atoms with van der Waals surface area (Å²) in [6.07, 6.45) is 1.59. The van der Waals surface area contributed by atoms with Gasteiger partial charge in [-0.25, -0.2) is 0 Å². The Balaban J connectivity index is 1.31. The second-order valence-corrected chi connectivity index (χ2v) is 9.94. The van der Waals surface area contributed by atoms with Crippen molar-refractivity contribution in [3.8, 4) is 23.2 Å². The highest BCUT2D eigenvalue weighted by atomic mass is 32.1. The Morgan fingerprint density at radius 3 is 2.39 bits per heavy atom. The molecule has 0 spiro atoms. The minimum Gasteiger partial charge on any atom is -0.497 e. The summed E-state index contributed by atoms with van der Waals surface area (Å²) in [5, 5.41) is 15.8. The molecule has 0 unspecified atom stereocenters. The summed E-state index contributed by atoms with van der Waals surface area (Å²) in [5.74, 6) is 2.03. The number of thiazole rings is 1. The Bertz CT molecular complexity index is 1450. The number of hydrogen-bond donors (Lipinski definition) is 1. The molecule has 0 aliphatic carbocycles. The normalized spacial score (nSPS) is 15.4. The molecule has 6 rings (SSSR count). The third-order valence-corrected chi connectivity index (χ3v) is 7.77. The van der Waals surface area contributed by atoms with Gasteiger partial charge in [0.1, 0.15) is 5.75 Å². The number of methoxy groups -OCH3 is 1. The molecule has 4 heterocycles. The number of aryl methyl sites for hydroxylation is 1. The van der Waals surface area contributed by atoms with Crippen LogP contribution in [0.15, 0.2) is 71.3 Å². The van der Waals surface area contributed by atoms with Crippen molar-refractivity contribution in [2.24, 2.45) is 0 Å². The number of anilines is 1. The first-order chi connectivity index (χ1) is 17.6. The zero-order valence-electron chi connectivity index (χ0n) is 20.2. The van der Waals surface area contributed by atoms with E-state index >= 15 is 0 Å². The van der Waals surface area contributed by atoms with E-state index in [9.17, 15) is 5.11 Å². The van der Waals surface area contributed by atoms with Crippen LogP contribution in [0.25, 0.3) is 16.5 Å². The lowest BCUT2D eigenvalue weighted by Crippen LogP contribution is -2.47. The highest BCUT2D eigenvalue weighted by Crippen LogP contribution is 2.41. The summed E-state index contributed by atoms with van der Waals surface area (Å²) < 4.78 is 12.3. The fourth-order valence-corrected chi connectivity index (χ4v) is 5.86. The van der Waals surface area contributed by atoms with Gasteiger partial charge in [0.2, 0.25) is 16.7 Å². The average molecular weight is 502 g/mol. The number of ether oxygens (including phenoxy) is 1. The maximum absolute atomic E-state index is 11.3. The van der Waals surface area contributed by atoms with E-state index in [0.717, 1.165) is 42.4 Å². The predicted molar refractivity (Wildman–Crippen MR) is 140 cm³/mol. The average Bonchev–Trinajstić information content (AvgIpc) is 3.65. The van der Waals surface area contributed by atoms with Gasteiger partial charge < -0.3 is 19.2 Å². The van der Waals surface area contributed by atoms with Crippen LogP contribution in [0.4, 0.5) is 5.69 Å². The first kappa shape index (κ1) is 22.6. The van der Waals surface area contributed by atoms with Crippen molar-refractivity contribution >= 4 is 22.0 Å². The van der Waals surface area contributed by atoms with Gasteiger partial charge in [-0.2, -0.15) is 9.50 Å². The minimum absolute atomic E-state index is 0.0934.